The Labute approximate surface area is 126 Å². The van der Waals surface area contributed by atoms with Crippen LogP contribution in [0.3, 0.4) is 0 Å². The van der Waals surface area contributed by atoms with Crippen molar-refractivity contribution in [1.82, 2.24) is 9.97 Å². The monoisotopic (exact) mass is 339 g/mol. The predicted octanol–water partition coefficient (Wildman–Crippen LogP) is 4.82. The van der Waals surface area contributed by atoms with Crippen molar-refractivity contribution in [3.05, 3.63) is 44.8 Å². The van der Waals surface area contributed by atoms with Gasteiger partial charge >= 0.3 is 0 Å². The van der Waals surface area contributed by atoms with Gasteiger partial charge in [-0.05, 0) is 44.0 Å². The van der Waals surface area contributed by atoms with E-state index in [1.54, 1.807) is 0 Å². The Hall–Kier alpha value is -1.13. The number of halogens is 2. The normalized spacial score (nSPS) is 10.6. The first-order chi connectivity index (χ1) is 9.01. The van der Waals surface area contributed by atoms with Crippen molar-refractivity contribution in [3.63, 3.8) is 0 Å². The Morgan fingerprint density at radius 1 is 1.21 bits per heavy atom. The maximum absolute atomic E-state index is 6.13. The topological polar surface area (TPSA) is 37.8 Å². The van der Waals surface area contributed by atoms with Gasteiger partial charge in [0.2, 0.25) is 0 Å². The largest absolute Gasteiger partial charge is 0.337 e. The van der Waals surface area contributed by atoms with Crippen molar-refractivity contribution < 1.29 is 0 Å². The van der Waals surface area contributed by atoms with Gasteiger partial charge in [0.15, 0.2) is 11.0 Å². The van der Waals surface area contributed by atoms with Gasteiger partial charge in [0.25, 0.3) is 0 Å². The van der Waals surface area contributed by atoms with Crippen LogP contribution < -0.4 is 5.32 Å². The summed E-state index contributed by atoms with van der Waals surface area (Å²) in [7, 11) is 0. The summed E-state index contributed by atoms with van der Waals surface area (Å²) in [5, 5.41) is 3.66. The summed E-state index contributed by atoms with van der Waals surface area (Å²) < 4.78 is 1.06. The molecule has 100 valence electrons. The fourth-order valence-electron chi connectivity index (χ4n) is 1.76. The fraction of sp³-hybridized carbons (Fsp3) is 0.286. The first-order valence-electron chi connectivity index (χ1n) is 6.07. The lowest BCUT2D eigenvalue weighted by Gasteiger charge is -2.12. The smallest absolute Gasteiger partial charge is 0.172 e. The van der Waals surface area contributed by atoms with Crippen molar-refractivity contribution in [1.29, 1.82) is 0 Å². The molecule has 0 aliphatic rings. The van der Waals surface area contributed by atoms with Gasteiger partial charge in [0, 0.05) is 10.2 Å². The third-order valence-corrected chi connectivity index (χ3v) is 3.72. The van der Waals surface area contributed by atoms with Crippen LogP contribution in [0.15, 0.2) is 22.7 Å². The van der Waals surface area contributed by atoms with Crippen molar-refractivity contribution in [2.45, 2.75) is 27.2 Å². The van der Waals surface area contributed by atoms with Crippen LogP contribution in [0.4, 0.5) is 11.5 Å². The molecule has 0 atom stereocenters. The van der Waals surface area contributed by atoms with Gasteiger partial charge in [-0.25, -0.2) is 9.97 Å². The Kier molecular flexibility index (Phi) is 4.42. The molecule has 19 heavy (non-hydrogen) atoms. The third kappa shape index (κ3) is 3.25. The van der Waals surface area contributed by atoms with E-state index in [1.165, 1.54) is 5.56 Å². The fourth-order valence-corrected chi connectivity index (χ4v) is 2.38. The molecule has 1 aromatic carbocycles. The molecule has 5 heteroatoms. The van der Waals surface area contributed by atoms with E-state index in [4.69, 9.17) is 11.6 Å². The van der Waals surface area contributed by atoms with E-state index in [9.17, 15) is 0 Å². The minimum Gasteiger partial charge on any atom is -0.337 e. The van der Waals surface area contributed by atoms with E-state index >= 15 is 0 Å². The van der Waals surface area contributed by atoms with Crippen molar-refractivity contribution in [3.8, 4) is 0 Å². The molecule has 1 N–H and O–H groups in total. The van der Waals surface area contributed by atoms with Crippen LogP contribution in [0.2, 0.25) is 5.15 Å². The highest BCUT2D eigenvalue weighted by atomic mass is 79.9. The first kappa shape index (κ1) is 14.3. The van der Waals surface area contributed by atoms with Gasteiger partial charge in [-0.15, -0.1) is 0 Å². The average molecular weight is 341 g/mol. The molecule has 0 saturated carbocycles. The van der Waals surface area contributed by atoms with Crippen molar-refractivity contribution >= 4 is 39.0 Å². The molecule has 3 nitrogen and oxygen atoms in total. The summed E-state index contributed by atoms with van der Waals surface area (Å²) >= 11 is 9.61. The number of nitrogens with zero attached hydrogens (tertiary/aromatic N) is 2. The van der Waals surface area contributed by atoms with E-state index in [1.807, 2.05) is 26.0 Å². The van der Waals surface area contributed by atoms with Crippen LogP contribution in [-0.2, 0) is 6.42 Å². The van der Waals surface area contributed by atoms with Gasteiger partial charge in [-0.2, -0.15) is 0 Å². The summed E-state index contributed by atoms with van der Waals surface area (Å²) in [5.74, 6) is 0.599. The van der Waals surface area contributed by atoms with Gasteiger partial charge in [-0.3, -0.25) is 0 Å². The van der Waals surface area contributed by atoms with Crippen LogP contribution in [0.1, 0.15) is 23.9 Å². The number of hydrogen-bond acceptors (Lipinski definition) is 3. The lowest BCUT2D eigenvalue weighted by molar-refractivity contribution is 1.05. The molecule has 0 radical (unpaired) electrons. The summed E-state index contributed by atoms with van der Waals surface area (Å²) in [5.41, 5.74) is 3.93. The molecule has 2 aromatic rings. The maximum atomic E-state index is 6.13. The molecule has 0 amide bonds. The number of benzene rings is 1. The second-order valence-corrected chi connectivity index (χ2v) is 5.59. The first-order valence-corrected chi connectivity index (χ1v) is 7.24. The molecule has 0 aliphatic carbocycles. The predicted molar refractivity (Wildman–Crippen MR) is 83.3 cm³/mol. The lowest BCUT2D eigenvalue weighted by atomic mass is 10.1. The molecular weight excluding hydrogens is 326 g/mol. The SMILES string of the molecule is CCc1cc(Br)ccc1Nc1nc(C)c(C)nc1Cl. The lowest BCUT2D eigenvalue weighted by Crippen LogP contribution is -2.02. The van der Waals surface area contributed by atoms with Gasteiger partial charge in [0.1, 0.15) is 0 Å². The van der Waals surface area contributed by atoms with Gasteiger partial charge in [-0.1, -0.05) is 34.5 Å². The number of aryl methyl sites for hydroxylation is 3. The number of anilines is 2. The number of aromatic nitrogens is 2. The van der Waals surface area contributed by atoms with E-state index in [-0.39, 0.29) is 0 Å². The third-order valence-electron chi connectivity index (χ3n) is 2.97. The summed E-state index contributed by atoms with van der Waals surface area (Å²) in [6.45, 7) is 5.93. The van der Waals surface area contributed by atoms with Gasteiger partial charge < -0.3 is 5.32 Å². The van der Waals surface area contributed by atoms with Crippen molar-refractivity contribution in [2.75, 3.05) is 5.32 Å². The number of nitrogens with one attached hydrogen (secondary N) is 1. The van der Waals surface area contributed by atoms with Crippen LogP contribution in [0.25, 0.3) is 0 Å². The molecule has 1 aromatic heterocycles. The van der Waals surface area contributed by atoms with E-state index in [0.717, 1.165) is 28.0 Å². The van der Waals surface area contributed by atoms with Crippen LogP contribution in [-0.4, -0.2) is 9.97 Å². The summed E-state index contributed by atoms with van der Waals surface area (Å²) in [6.07, 6.45) is 0.928. The van der Waals surface area contributed by atoms with Gasteiger partial charge in [0.05, 0.1) is 11.4 Å². The summed E-state index contributed by atoms with van der Waals surface area (Å²) in [4.78, 5) is 8.72. The Morgan fingerprint density at radius 3 is 2.58 bits per heavy atom. The van der Waals surface area contributed by atoms with E-state index < -0.39 is 0 Å². The highest BCUT2D eigenvalue weighted by Gasteiger charge is 2.09. The zero-order valence-corrected chi connectivity index (χ0v) is 13.4. The molecule has 2 rings (SSSR count). The van der Waals surface area contributed by atoms with Crippen LogP contribution in [0.5, 0.6) is 0 Å². The van der Waals surface area contributed by atoms with Crippen LogP contribution >= 0.6 is 27.5 Å². The second kappa shape index (κ2) is 5.88. The Morgan fingerprint density at radius 2 is 1.89 bits per heavy atom. The number of rotatable bonds is 3. The molecule has 0 aliphatic heterocycles. The highest BCUT2D eigenvalue weighted by Crippen LogP contribution is 2.27. The molecule has 1 heterocycles. The van der Waals surface area contributed by atoms with Crippen molar-refractivity contribution in [2.24, 2.45) is 0 Å². The Bertz CT molecular complexity index is 614. The quantitative estimate of drug-likeness (QED) is 0.871. The zero-order chi connectivity index (χ0) is 14.0. The second-order valence-electron chi connectivity index (χ2n) is 4.31. The molecule has 0 saturated heterocycles. The summed E-state index contributed by atoms with van der Waals surface area (Å²) in [6, 6.07) is 6.09. The average Bonchev–Trinajstić information content (AvgIpc) is 2.37. The van der Waals surface area contributed by atoms with Crippen LogP contribution in [0, 0.1) is 13.8 Å². The maximum Gasteiger partial charge on any atom is 0.172 e. The zero-order valence-electron chi connectivity index (χ0n) is 11.1. The molecular formula is C14H15BrClN3. The molecule has 0 unspecified atom stereocenters. The standard InChI is InChI=1S/C14H15BrClN3/c1-4-10-7-11(15)5-6-12(10)19-14-13(16)17-8(2)9(3)18-14/h5-7H,4H2,1-3H3,(H,18,19). The number of hydrogen-bond donors (Lipinski definition) is 1. The molecule has 0 spiro atoms. The van der Waals surface area contributed by atoms with E-state index in [2.05, 4.69) is 44.2 Å². The molecule has 0 bridgehead atoms. The highest BCUT2D eigenvalue weighted by molar-refractivity contribution is 9.10. The van der Waals surface area contributed by atoms with E-state index in [0.29, 0.717) is 11.0 Å². The minimum absolute atomic E-state index is 0.396. The molecule has 0 fully saturated rings. The Balaban J connectivity index is 2.39. The minimum atomic E-state index is 0.396.